The summed E-state index contributed by atoms with van der Waals surface area (Å²) in [7, 11) is 0. The Morgan fingerprint density at radius 1 is 1.26 bits per heavy atom. The first-order valence-electron chi connectivity index (χ1n) is 7.83. The predicted octanol–water partition coefficient (Wildman–Crippen LogP) is 3.08. The van der Waals surface area contributed by atoms with Crippen molar-refractivity contribution in [1.29, 1.82) is 0 Å². The normalized spacial score (nSPS) is 18.4. The fourth-order valence-corrected chi connectivity index (χ4v) is 2.86. The molecule has 2 aromatic rings. The first-order valence-corrected chi connectivity index (χ1v) is 7.83. The summed E-state index contributed by atoms with van der Waals surface area (Å²) in [6.45, 7) is 6.00. The average molecular weight is 315 g/mol. The number of hydrogen-bond acceptors (Lipinski definition) is 4. The van der Waals surface area contributed by atoms with E-state index in [1.807, 2.05) is 45.0 Å². The van der Waals surface area contributed by atoms with Gasteiger partial charge in [-0.25, -0.2) is 9.78 Å². The van der Waals surface area contributed by atoms with Gasteiger partial charge in [0.15, 0.2) is 0 Å². The van der Waals surface area contributed by atoms with Crippen LogP contribution in [0.3, 0.4) is 0 Å². The molecule has 0 aliphatic carbocycles. The molecule has 1 saturated heterocycles. The molecule has 1 atom stereocenters. The highest BCUT2D eigenvalue weighted by Crippen LogP contribution is 2.23. The molecule has 1 aromatic carbocycles. The van der Waals surface area contributed by atoms with Crippen molar-refractivity contribution < 1.29 is 14.3 Å². The highest BCUT2D eigenvalue weighted by Gasteiger charge is 2.37. The van der Waals surface area contributed by atoms with Crippen LogP contribution in [0.25, 0.3) is 11.0 Å². The fourth-order valence-electron chi connectivity index (χ4n) is 2.86. The van der Waals surface area contributed by atoms with Gasteiger partial charge in [0.25, 0.3) is 5.91 Å². The molecule has 0 spiro atoms. The van der Waals surface area contributed by atoms with Crippen molar-refractivity contribution in [1.82, 2.24) is 14.5 Å². The van der Waals surface area contributed by atoms with Gasteiger partial charge in [-0.1, -0.05) is 12.1 Å². The minimum Gasteiger partial charge on any atom is -0.444 e. The number of rotatable bonds is 1. The molecule has 1 aromatic heterocycles. The Kier molecular flexibility index (Phi) is 3.83. The molecule has 1 aliphatic rings. The highest BCUT2D eigenvalue weighted by atomic mass is 16.6. The molecule has 0 bridgehead atoms. The highest BCUT2D eigenvalue weighted by molar-refractivity contribution is 5.94. The van der Waals surface area contributed by atoms with Crippen molar-refractivity contribution in [3.8, 4) is 0 Å². The molecule has 0 radical (unpaired) electrons. The quantitative estimate of drug-likeness (QED) is 0.811. The zero-order valence-electron chi connectivity index (χ0n) is 13.7. The van der Waals surface area contributed by atoms with E-state index >= 15 is 0 Å². The predicted molar refractivity (Wildman–Crippen MR) is 86.3 cm³/mol. The zero-order chi connectivity index (χ0) is 16.6. The van der Waals surface area contributed by atoms with Gasteiger partial charge in [0.2, 0.25) is 0 Å². The third-order valence-electron chi connectivity index (χ3n) is 3.86. The Hall–Kier alpha value is -2.37. The maximum absolute atomic E-state index is 12.9. The Balaban J connectivity index is 1.85. The lowest BCUT2D eigenvalue weighted by Crippen LogP contribution is -2.44. The minimum atomic E-state index is -0.574. The van der Waals surface area contributed by atoms with Crippen LogP contribution in [0.15, 0.2) is 30.6 Å². The second-order valence-corrected chi connectivity index (χ2v) is 6.77. The van der Waals surface area contributed by atoms with Crippen LogP contribution in [-0.2, 0) is 4.74 Å². The molecule has 3 rings (SSSR count). The third-order valence-corrected chi connectivity index (χ3v) is 3.86. The molecule has 2 heterocycles. The van der Waals surface area contributed by atoms with Gasteiger partial charge in [-0.2, -0.15) is 0 Å². The second kappa shape index (κ2) is 5.68. The van der Waals surface area contributed by atoms with Gasteiger partial charge in [0, 0.05) is 6.54 Å². The van der Waals surface area contributed by atoms with Crippen molar-refractivity contribution in [2.45, 2.75) is 45.3 Å². The zero-order valence-corrected chi connectivity index (χ0v) is 13.7. The summed E-state index contributed by atoms with van der Waals surface area (Å²) in [6.07, 6.45) is 2.53. The lowest BCUT2D eigenvalue weighted by atomic mass is 10.2. The number of carbonyl (C=O) groups excluding carboxylic acids is 2. The molecule has 0 N–H and O–H groups in total. The molecule has 6 nitrogen and oxygen atoms in total. The van der Waals surface area contributed by atoms with Crippen LogP contribution in [0.5, 0.6) is 0 Å². The maximum atomic E-state index is 12.9. The average Bonchev–Trinajstić information content (AvgIpc) is 3.12. The summed E-state index contributed by atoms with van der Waals surface area (Å²) < 4.78 is 6.95. The maximum Gasteiger partial charge on any atom is 0.410 e. The van der Waals surface area contributed by atoms with Gasteiger partial charge < -0.3 is 4.74 Å². The van der Waals surface area contributed by atoms with Gasteiger partial charge in [0.1, 0.15) is 18.0 Å². The molecule has 0 saturated carbocycles. The summed E-state index contributed by atoms with van der Waals surface area (Å²) >= 11 is 0. The Bertz CT molecular complexity index is 745. The monoisotopic (exact) mass is 315 g/mol. The Morgan fingerprint density at radius 2 is 2.00 bits per heavy atom. The molecule has 6 heteroatoms. The number of aromatic nitrogens is 2. The summed E-state index contributed by atoms with van der Waals surface area (Å²) in [5.74, 6) is -0.137. The first-order chi connectivity index (χ1) is 10.9. The van der Waals surface area contributed by atoms with Crippen LogP contribution in [0.1, 0.15) is 38.4 Å². The van der Waals surface area contributed by atoms with Crippen LogP contribution in [-0.4, -0.2) is 44.6 Å². The van der Waals surface area contributed by atoms with Crippen molar-refractivity contribution in [3.05, 3.63) is 30.6 Å². The Labute approximate surface area is 135 Å². The number of carbonyl (C=O) groups is 2. The largest absolute Gasteiger partial charge is 0.444 e. The topological polar surface area (TPSA) is 64.4 Å². The molecule has 1 amide bonds. The molecule has 23 heavy (non-hydrogen) atoms. The van der Waals surface area contributed by atoms with Gasteiger partial charge in [-0.05, 0) is 45.7 Å². The SMILES string of the molecule is CC(C)(C)OC(=O)N1CCCC1C(=O)n1cnc2ccccc21. The number of nitrogens with zero attached hydrogens (tertiary/aromatic N) is 3. The number of ether oxygens (including phenoxy) is 1. The van der Waals surface area contributed by atoms with Crippen molar-refractivity contribution in [2.75, 3.05) is 6.54 Å². The summed E-state index contributed by atoms with van der Waals surface area (Å²) in [5.41, 5.74) is 0.950. The van der Waals surface area contributed by atoms with E-state index in [9.17, 15) is 9.59 Å². The summed E-state index contributed by atoms with van der Waals surface area (Å²) in [6, 6.07) is 6.97. The van der Waals surface area contributed by atoms with Crippen LogP contribution in [0.2, 0.25) is 0 Å². The van der Waals surface area contributed by atoms with Gasteiger partial charge >= 0.3 is 6.09 Å². The number of imidazole rings is 1. The van der Waals surface area contributed by atoms with E-state index < -0.39 is 17.7 Å². The van der Waals surface area contributed by atoms with E-state index in [2.05, 4.69) is 4.98 Å². The van der Waals surface area contributed by atoms with E-state index in [0.29, 0.717) is 13.0 Å². The van der Waals surface area contributed by atoms with E-state index in [4.69, 9.17) is 4.74 Å². The van der Waals surface area contributed by atoms with Crippen LogP contribution >= 0.6 is 0 Å². The van der Waals surface area contributed by atoms with Gasteiger partial charge in [0.05, 0.1) is 11.0 Å². The molecule has 1 aliphatic heterocycles. The van der Waals surface area contributed by atoms with Crippen molar-refractivity contribution in [2.24, 2.45) is 0 Å². The smallest absolute Gasteiger partial charge is 0.410 e. The molecular formula is C17H21N3O3. The standard InChI is InChI=1S/C17H21N3O3/c1-17(2,3)23-16(22)19-10-6-9-14(19)15(21)20-11-18-12-7-4-5-8-13(12)20/h4-5,7-8,11,14H,6,9-10H2,1-3H3. The van der Waals surface area contributed by atoms with Crippen molar-refractivity contribution >= 4 is 23.0 Å². The number of para-hydroxylation sites is 2. The van der Waals surface area contributed by atoms with E-state index in [0.717, 1.165) is 17.5 Å². The fraction of sp³-hybridized carbons (Fsp3) is 0.471. The number of amides is 1. The van der Waals surface area contributed by atoms with E-state index in [1.165, 1.54) is 15.8 Å². The first kappa shape index (κ1) is 15.5. The lowest BCUT2D eigenvalue weighted by Gasteiger charge is -2.28. The van der Waals surface area contributed by atoms with E-state index in [1.54, 1.807) is 0 Å². The summed E-state index contributed by atoms with van der Waals surface area (Å²) in [5, 5.41) is 0. The number of likely N-dealkylation sites (tertiary alicyclic amines) is 1. The molecule has 1 unspecified atom stereocenters. The van der Waals surface area contributed by atoms with Crippen molar-refractivity contribution in [3.63, 3.8) is 0 Å². The van der Waals surface area contributed by atoms with Gasteiger partial charge in [-0.15, -0.1) is 0 Å². The van der Waals surface area contributed by atoms with Crippen LogP contribution < -0.4 is 0 Å². The minimum absolute atomic E-state index is 0.137. The Morgan fingerprint density at radius 3 is 2.74 bits per heavy atom. The van der Waals surface area contributed by atoms with Crippen LogP contribution in [0.4, 0.5) is 4.79 Å². The third kappa shape index (κ3) is 3.06. The lowest BCUT2D eigenvalue weighted by molar-refractivity contribution is 0.0211. The second-order valence-electron chi connectivity index (χ2n) is 6.77. The number of hydrogen-bond donors (Lipinski definition) is 0. The molecular weight excluding hydrogens is 294 g/mol. The summed E-state index contributed by atoms with van der Waals surface area (Å²) in [4.78, 5) is 31.0. The molecule has 1 fully saturated rings. The number of benzene rings is 1. The molecule has 122 valence electrons. The number of fused-ring (bicyclic) bond motifs is 1. The van der Waals surface area contributed by atoms with Gasteiger partial charge in [-0.3, -0.25) is 14.3 Å². The van der Waals surface area contributed by atoms with Crippen LogP contribution in [0, 0.1) is 0 Å². The van der Waals surface area contributed by atoms with E-state index in [-0.39, 0.29) is 5.91 Å².